The lowest BCUT2D eigenvalue weighted by atomic mass is 10.0. The van der Waals surface area contributed by atoms with Crippen molar-refractivity contribution in [1.82, 2.24) is 5.32 Å². The van der Waals surface area contributed by atoms with Crippen LogP contribution in [-0.4, -0.2) is 39.1 Å². The number of ether oxygens (including phenoxy) is 1. The highest BCUT2D eigenvalue weighted by atomic mass is 35.7. The highest BCUT2D eigenvalue weighted by Crippen LogP contribution is 2.26. The van der Waals surface area contributed by atoms with Crippen LogP contribution in [0, 0.1) is 5.82 Å². The molecule has 176 valence electrons. The summed E-state index contributed by atoms with van der Waals surface area (Å²) >= 11 is 0. The molecule has 0 aromatic heterocycles. The van der Waals surface area contributed by atoms with E-state index >= 15 is 0 Å². The first-order chi connectivity index (χ1) is 16.2. The van der Waals surface area contributed by atoms with Crippen LogP contribution in [0.3, 0.4) is 0 Å². The molecule has 3 aromatic carbocycles. The fourth-order valence-electron chi connectivity index (χ4n) is 3.69. The first-order valence-electron chi connectivity index (χ1n) is 10.3. The van der Waals surface area contributed by atoms with Gasteiger partial charge >= 0.3 is 6.09 Å². The summed E-state index contributed by atoms with van der Waals surface area (Å²) in [5, 5.41) is 2.90. The molecule has 1 heterocycles. The molecule has 1 saturated heterocycles. The Labute approximate surface area is 200 Å². The van der Waals surface area contributed by atoms with Gasteiger partial charge in [0, 0.05) is 21.9 Å². The topological polar surface area (TPSA) is 92.8 Å². The highest BCUT2D eigenvalue weighted by molar-refractivity contribution is 8.13. The third-order valence-corrected chi connectivity index (χ3v) is 6.80. The average Bonchev–Trinajstić information content (AvgIpc) is 3.21. The summed E-state index contributed by atoms with van der Waals surface area (Å²) in [6.07, 6.45) is -0.919. The van der Waals surface area contributed by atoms with Crippen LogP contribution < -0.4 is 10.2 Å². The van der Waals surface area contributed by atoms with E-state index in [0.717, 1.165) is 5.56 Å². The SMILES string of the molecule is O=C(N[C@@H](Cc1ccccc1)C1CN(c2ccc(S(=O)(=O)Cl)cc2)C(=O)O1)c1ccc(F)cc1. The number of cyclic esters (lactones) is 1. The van der Waals surface area contributed by atoms with Gasteiger partial charge in [-0.05, 0) is 60.5 Å². The molecule has 1 aliphatic rings. The molecule has 2 amide bonds. The summed E-state index contributed by atoms with van der Waals surface area (Å²) in [4.78, 5) is 26.7. The number of hydrogen-bond donors (Lipinski definition) is 1. The largest absolute Gasteiger partial charge is 0.442 e. The van der Waals surface area contributed by atoms with E-state index in [1.165, 1.54) is 53.4 Å². The summed E-state index contributed by atoms with van der Waals surface area (Å²) in [5.74, 6) is -0.877. The van der Waals surface area contributed by atoms with Gasteiger partial charge in [0.1, 0.15) is 11.9 Å². The zero-order valence-corrected chi connectivity index (χ0v) is 19.3. The van der Waals surface area contributed by atoms with Crippen molar-refractivity contribution in [1.29, 1.82) is 0 Å². The van der Waals surface area contributed by atoms with Crippen LogP contribution in [0.2, 0.25) is 0 Å². The van der Waals surface area contributed by atoms with Gasteiger partial charge < -0.3 is 10.1 Å². The number of anilines is 1. The van der Waals surface area contributed by atoms with Crippen molar-refractivity contribution in [3.8, 4) is 0 Å². The number of carbonyl (C=O) groups is 2. The highest BCUT2D eigenvalue weighted by Gasteiger charge is 2.38. The zero-order chi connectivity index (χ0) is 24.3. The van der Waals surface area contributed by atoms with Crippen LogP contribution in [0.4, 0.5) is 14.9 Å². The molecule has 10 heteroatoms. The predicted molar refractivity (Wildman–Crippen MR) is 125 cm³/mol. The molecule has 7 nitrogen and oxygen atoms in total. The maximum Gasteiger partial charge on any atom is 0.414 e. The summed E-state index contributed by atoms with van der Waals surface area (Å²) in [5.41, 5.74) is 1.64. The van der Waals surface area contributed by atoms with E-state index < -0.39 is 39.0 Å². The first-order valence-corrected chi connectivity index (χ1v) is 12.6. The van der Waals surface area contributed by atoms with Crippen LogP contribution in [0.5, 0.6) is 0 Å². The number of rotatable bonds is 7. The molecule has 0 saturated carbocycles. The number of carbonyl (C=O) groups excluding carboxylic acids is 2. The van der Waals surface area contributed by atoms with Gasteiger partial charge in [-0.3, -0.25) is 9.69 Å². The fraction of sp³-hybridized carbons (Fsp3) is 0.167. The Morgan fingerprint density at radius 1 is 1.06 bits per heavy atom. The predicted octanol–water partition coefficient (Wildman–Crippen LogP) is 4.12. The molecule has 0 radical (unpaired) electrons. The lowest BCUT2D eigenvalue weighted by molar-refractivity contribution is 0.0840. The van der Waals surface area contributed by atoms with Crippen molar-refractivity contribution in [3.05, 3.63) is 95.8 Å². The van der Waals surface area contributed by atoms with E-state index in [2.05, 4.69) is 5.32 Å². The van der Waals surface area contributed by atoms with Gasteiger partial charge in [0.05, 0.1) is 17.5 Å². The van der Waals surface area contributed by atoms with E-state index in [-0.39, 0.29) is 17.0 Å². The Morgan fingerprint density at radius 3 is 2.32 bits per heavy atom. The van der Waals surface area contributed by atoms with E-state index in [9.17, 15) is 22.4 Å². The van der Waals surface area contributed by atoms with Crippen LogP contribution in [0.1, 0.15) is 15.9 Å². The minimum absolute atomic E-state index is 0.0875. The summed E-state index contributed by atoms with van der Waals surface area (Å²) in [6, 6.07) is 19.5. The molecule has 0 spiro atoms. The van der Waals surface area contributed by atoms with E-state index in [1.807, 2.05) is 30.3 Å². The Balaban J connectivity index is 1.55. The quantitative estimate of drug-likeness (QED) is 0.491. The van der Waals surface area contributed by atoms with Crippen molar-refractivity contribution in [2.45, 2.75) is 23.5 Å². The van der Waals surface area contributed by atoms with Gasteiger partial charge in [0.25, 0.3) is 15.0 Å². The summed E-state index contributed by atoms with van der Waals surface area (Å²) in [6.45, 7) is 0.132. The molecular formula is C24H20ClFN2O5S. The second kappa shape index (κ2) is 9.82. The van der Waals surface area contributed by atoms with Crippen LogP contribution in [0.25, 0.3) is 0 Å². The second-order valence-corrected chi connectivity index (χ2v) is 10.3. The van der Waals surface area contributed by atoms with E-state index in [0.29, 0.717) is 12.1 Å². The van der Waals surface area contributed by atoms with Crippen LogP contribution in [-0.2, 0) is 20.2 Å². The molecule has 2 atom stereocenters. The Bertz CT molecular complexity index is 1290. The van der Waals surface area contributed by atoms with Crippen LogP contribution >= 0.6 is 10.7 Å². The molecule has 0 aliphatic carbocycles. The number of hydrogen-bond acceptors (Lipinski definition) is 5. The van der Waals surface area contributed by atoms with E-state index in [1.54, 1.807) is 0 Å². The monoisotopic (exact) mass is 502 g/mol. The second-order valence-electron chi connectivity index (χ2n) is 7.74. The molecule has 34 heavy (non-hydrogen) atoms. The number of benzene rings is 3. The van der Waals surface area contributed by atoms with Gasteiger partial charge in [-0.1, -0.05) is 30.3 Å². The normalized spacial score (nSPS) is 16.7. The Hall–Kier alpha value is -3.43. The minimum atomic E-state index is -3.89. The lowest BCUT2D eigenvalue weighted by Gasteiger charge is -2.23. The van der Waals surface area contributed by atoms with Crippen molar-refractivity contribution in [3.63, 3.8) is 0 Å². The lowest BCUT2D eigenvalue weighted by Crippen LogP contribution is -2.46. The molecule has 1 unspecified atom stereocenters. The van der Waals surface area contributed by atoms with Gasteiger partial charge in [-0.25, -0.2) is 17.6 Å². The third kappa shape index (κ3) is 5.55. The maximum absolute atomic E-state index is 13.2. The number of amides is 2. The Kier molecular flexibility index (Phi) is 6.85. The van der Waals surface area contributed by atoms with E-state index in [4.69, 9.17) is 15.4 Å². The molecule has 1 aliphatic heterocycles. The zero-order valence-electron chi connectivity index (χ0n) is 17.7. The molecule has 3 aromatic rings. The van der Waals surface area contributed by atoms with Gasteiger partial charge in [-0.2, -0.15) is 0 Å². The molecule has 1 N–H and O–H groups in total. The fourth-order valence-corrected chi connectivity index (χ4v) is 4.46. The summed E-state index contributed by atoms with van der Waals surface area (Å²) in [7, 11) is 1.46. The Morgan fingerprint density at radius 2 is 1.71 bits per heavy atom. The van der Waals surface area contributed by atoms with Crippen molar-refractivity contribution in [2.75, 3.05) is 11.4 Å². The standard InChI is InChI=1S/C24H20ClFN2O5S/c25-34(31,32)20-12-10-19(11-13-20)28-15-22(33-24(28)30)21(14-16-4-2-1-3-5-16)27-23(29)17-6-8-18(26)9-7-17/h1-13,21-22H,14-15H2,(H,27,29)/t21-,22?/m0/s1. The number of nitrogens with zero attached hydrogens (tertiary/aromatic N) is 1. The van der Waals surface area contributed by atoms with Crippen LogP contribution in [0.15, 0.2) is 83.8 Å². The van der Waals surface area contributed by atoms with Gasteiger partial charge in [0.15, 0.2) is 0 Å². The number of nitrogens with one attached hydrogen (secondary N) is 1. The summed E-state index contributed by atoms with van der Waals surface area (Å²) < 4.78 is 41.8. The minimum Gasteiger partial charge on any atom is -0.442 e. The van der Waals surface area contributed by atoms with Crippen molar-refractivity contribution >= 4 is 37.4 Å². The maximum atomic E-state index is 13.2. The van der Waals surface area contributed by atoms with Crippen molar-refractivity contribution in [2.24, 2.45) is 0 Å². The smallest absolute Gasteiger partial charge is 0.414 e. The number of halogens is 2. The molecular weight excluding hydrogens is 483 g/mol. The van der Waals surface area contributed by atoms with Gasteiger partial charge in [-0.15, -0.1) is 0 Å². The van der Waals surface area contributed by atoms with Gasteiger partial charge in [0.2, 0.25) is 0 Å². The van der Waals surface area contributed by atoms with Crippen molar-refractivity contribution < 1.29 is 27.1 Å². The molecule has 1 fully saturated rings. The first kappa shape index (κ1) is 23.7. The molecule has 4 rings (SSSR count). The average molecular weight is 503 g/mol. The molecule has 0 bridgehead atoms. The third-order valence-electron chi connectivity index (χ3n) is 5.44.